The number of aliphatic carboxylic acids is 1. The number of rotatable bonds is 7. The lowest BCUT2D eigenvalue weighted by Gasteiger charge is -2.21. The van der Waals surface area contributed by atoms with Gasteiger partial charge in [-0.25, -0.2) is 0 Å². The highest BCUT2D eigenvalue weighted by Crippen LogP contribution is 2.32. The van der Waals surface area contributed by atoms with Gasteiger partial charge in [0.25, 0.3) is 0 Å². The fourth-order valence-electron chi connectivity index (χ4n) is 4.20. The minimum atomic E-state index is -0.897. The van der Waals surface area contributed by atoms with Gasteiger partial charge in [-0.1, -0.05) is 18.2 Å². The molecule has 1 aromatic heterocycles. The van der Waals surface area contributed by atoms with Crippen molar-refractivity contribution in [3.8, 4) is 11.1 Å². The van der Waals surface area contributed by atoms with E-state index in [0.29, 0.717) is 19.5 Å². The Morgan fingerprint density at radius 2 is 2.03 bits per heavy atom. The fraction of sp³-hybridized carbons (Fsp3) is 0.304. The summed E-state index contributed by atoms with van der Waals surface area (Å²) >= 11 is 0. The number of carboxylic acids is 1. The van der Waals surface area contributed by atoms with Crippen molar-refractivity contribution in [2.75, 3.05) is 13.1 Å². The predicted molar refractivity (Wildman–Crippen MR) is 110 cm³/mol. The van der Waals surface area contributed by atoms with Crippen molar-refractivity contribution in [2.24, 2.45) is 5.73 Å². The summed E-state index contributed by atoms with van der Waals surface area (Å²) in [5.74, 6) is -0.833. The molecule has 0 amide bonds. The van der Waals surface area contributed by atoms with Crippen molar-refractivity contribution in [1.29, 1.82) is 0 Å². The van der Waals surface area contributed by atoms with Crippen LogP contribution in [0.4, 0.5) is 0 Å². The fourth-order valence-corrected chi connectivity index (χ4v) is 4.20. The number of carbonyl (C=O) groups excluding carboxylic acids is 1. The molecule has 3 aromatic rings. The van der Waals surface area contributed by atoms with Crippen molar-refractivity contribution in [3.63, 3.8) is 0 Å². The van der Waals surface area contributed by atoms with E-state index in [1.54, 1.807) is 11.2 Å². The van der Waals surface area contributed by atoms with Crippen LogP contribution in [0.5, 0.6) is 0 Å². The van der Waals surface area contributed by atoms with Crippen LogP contribution in [0.15, 0.2) is 53.1 Å². The van der Waals surface area contributed by atoms with Gasteiger partial charge in [0.2, 0.25) is 0 Å². The molecular formula is C23H24N2O4. The van der Waals surface area contributed by atoms with Crippen LogP contribution in [-0.4, -0.2) is 40.9 Å². The van der Waals surface area contributed by atoms with Gasteiger partial charge in [0.1, 0.15) is 5.58 Å². The monoisotopic (exact) mass is 392 g/mol. The van der Waals surface area contributed by atoms with Gasteiger partial charge in [0.05, 0.1) is 18.8 Å². The van der Waals surface area contributed by atoms with Gasteiger partial charge < -0.3 is 15.3 Å². The maximum absolute atomic E-state index is 13.0. The standard InChI is InChI=1S/C23H24N2O4/c24-13-15-3-1-4-17(9-15)19-11-16(10-18-6-8-29-23(18)19)12-21(26)20-5-2-7-25(20)14-22(27)28/h1,3-4,6,8-11,20H,2,5,7,12-14,24H2,(H,27,28)/t20-/m0/s1. The summed E-state index contributed by atoms with van der Waals surface area (Å²) in [6.45, 7) is 1.02. The minimum absolute atomic E-state index is 0.0632. The number of hydrogen-bond donors (Lipinski definition) is 2. The van der Waals surface area contributed by atoms with E-state index >= 15 is 0 Å². The van der Waals surface area contributed by atoms with Crippen LogP contribution in [0.1, 0.15) is 24.0 Å². The van der Waals surface area contributed by atoms with E-state index in [1.165, 1.54) is 0 Å². The third kappa shape index (κ3) is 4.09. The number of hydrogen-bond acceptors (Lipinski definition) is 5. The SMILES string of the molecule is NCc1cccc(-c2cc(CC(=O)[C@@H]3CCCN3CC(=O)O)cc3ccoc23)c1. The third-order valence-electron chi connectivity index (χ3n) is 5.54. The van der Waals surface area contributed by atoms with E-state index in [0.717, 1.165) is 39.6 Å². The zero-order chi connectivity index (χ0) is 20.4. The first-order valence-electron chi connectivity index (χ1n) is 9.83. The second-order valence-corrected chi connectivity index (χ2v) is 7.55. The smallest absolute Gasteiger partial charge is 0.317 e. The van der Waals surface area contributed by atoms with E-state index in [4.69, 9.17) is 15.3 Å². The molecule has 0 radical (unpaired) electrons. The molecule has 1 atom stereocenters. The average molecular weight is 392 g/mol. The van der Waals surface area contributed by atoms with Crippen LogP contribution in [0.25, 0.3) is 22.1 Å². The van der Waals surface area contributed by atoms with Crippen LogP contribution in [0.3, 0.4) is 0 Å². The molecule has 0 aliphatic carbocycles. The normalized spacial score (nSPS) is 17.1. The van der Waals surface area contributed by atoms with E-state index in [2.05, 4.69) is 0 Å². The van der Waals surface area contributed by atoms with Crippen molar-refractivity contribution in [1.82, 2.24) is 4.90 Å². The van der Waals surface area contributed by atoms with Crippen molar-refractivity contribution >= 4 is 22.7 Å². The Bertz CT molecular complexity index is 1060. The molecule has 150 valence electrons. The Kier molecular flexibility index (Phi) is 5.47. The summed E-state index contributed by atoms with van der Waals surface area (Å²) < 4.78 is 5.71. The number of likely N-dealkylation sites (tertiary alicyclic amines) is 1. The van der Waals surface area contributed by atoms with Crippen molar-refractivity contribution in [3.05, 3.63) is 59.9 Å². The lowest BCUT2D eigenvalue weighted by molar-refractivity contribution is -0.139. The Balaban J connectivity index is 1.64. The van der Waals surface area contributed by atoms with Gasteiger partial charge >= 0.3 is 5.97 Å². The highest BCUT2D eigenvalue weighted by atomic mass is 16.4. The van der Waals surface area contributed by atoms with Gasteiger partial charge in [-0.15, -0.1) is 0 Å². The molecule has 3 N–H and O–H groups in total. The number of carboxylic acid groups (broad SMARTS) is 1. The first-order chi connectivity index (χ1) is 14.0. The van der Waals surface area contributed by atoms with Crippen LogP contribution >= 0.6 is 0 Å². The number of nitrogens with two attached hydrogens (primary N) is 1. The second-order valence-electron chi connectivity index (χ2n) is 7.55. The molecule has 1 saturated heterocycles. The molecular weight excluding hydrogens is 368 g/mol. The van der Waals surface area contributed by atoms with Gasteiger partial charge in [-0.2, -0.15) is 0 Å². The van der Waals surface area contributed by atoms with Crippen molar-refractivity contribution < 1.29 is 19.1 Å². The van der Waals surface area contributed by atoms with Gasteiger partial charge in [0.15, 0.2) is 5.78 Å². The molecule has 1 aliphatic rings. The number of carbonyl (C=O) groups is 2. The molecule has 2 heterocycles. The lowest BCUT2D eigenvalue weighted by atomic mass is 9.95. The molecule has 29 heavy (non-hydrogen) atoms. The minimum Gasteiger partial charge on any atom is -0.480 e. The number of Topliss-reactive ketones (excluding diaryl/α,β-unsaturated/α-hetero) is 1. The topological polar surface area (TPSA) is 96.8 Å². The van der Waals surface area contributed by atoms with Gasteiger partial charge in [-0.3, -0.25) is 14.5 Å². The van der Waals surface area contributed by atoms with Gasteiger partial charge in [-0.05, 0) is 60.3 Å². The van der Waals surface area contributed by atoms with Gasteiger partial charge in [0, 0.05) is 23.9 Å². The Morgan fingerprint density at radius 3 is 2.83 bits per heavy atom. The van der Waals surface area contributed by atoms with Crippen LogP contribution in [-0.2, 0) is 22.6 Å². The summed E-state index contributed by atoms with van der Waals surface area (Å²) in [6, 6.07) is 13.5. The second kappa shape index (κ2) is 8.19. The molecule has 0 saturated carbocycles. The molecule has 0 unspecified atom stereocenters. The third-order valence-corrected chi connectivity index (χ3v) is 5.54. The predicted octanol–water partition coefficient (Wildman–Crippen LogP) is 3.22. The molecule has 6 heteroatoms. The molecule has 1 fully saturated rings. The summed E-state index contributed by atoms with van der Waals surface area (Å²) in [4.78, 5) is 25.8. The van der Waals surface area contributed by atoms with E-state index in [1.807, 2.05) is 42.5 Å². The summed E-state index contributed by atoms with van der Waals surface area (Å²) in [6.07, 6.45) is 3.48. The first kappa shape index (κ1) is 19.4. The van der Waals surface area contributed by atoms with E-state index in [9.17, 15) is 9.59 Å². The molecule has 0 spiro atoms. The maximum Gasteiger partial charge on any atom is 0.317 e. The van der Waals surface area contributed by atoms with E-state index in [-0.39, 0.29) is 24.8 Å². The Morgan fingerprint density at radius 1 is 1.17 bits per heavy atom. The Labute approximate surface area is 168 Å². The quantitative estimate of drug-likeness (QED) is 0.641. The van der Waals surface area contributed by atoms with Crippen LogP contribution < -0.4 is 5.73 Å². The summed E-state index contributed by atoms with van der Waals surface area (Å²) in [7, 11) is 0. The average Bonchev–Trinajstić information content (AvgIpc) is 3.36. The van der Waals surface area contributed by atoms with Crippen molar-refractivity contribution in [2.45, 2.75) is 31.8 Å². The first-order valence-corrected chi connectivity index (χ1v) is 9.83. The highest BCUT2D eigenvalue weighted by molar-refractivity contribution is 5.95. The molecule has 1 aliphatic heterocycles. The van der Waals surface area contributed by atoms with Crippen LogP contribution in [0, 0.1) is 0 Å². The Hall–Kier alpha value is -2.96. The summed E-state index contributed by atoms with van der Waals surface area (Å²) in [5, 5.41) is 10.0. The number of furan rings is 1. The largest absolute Gasteiger partial charge is 0.480 e. The maximum atomic E-state index is 13.0. The number of fused-ring (bicyclic) bond motifs is 1. The molecule has 0 bridgehead atoms. The number of nitrogens with zero attached hydrogens (tertiary/aromatic N) is 1. The number of ketones is 1. The zero-order valence-electron chi connectivity index (χ0n) is 16.1. The van der Waals surface area contributed by atoms with Crippen LogP contribution in [0.2, 0.25) is 0 Å². The molecule has 4 rings (SSSR count). The molecule has 6 nitrogen and oxygen atoms in total. The highest BCUT2D eigenvalue weighted by Gasteiger charge is 2.31. The lowest BCUT2D eigenvalue weighted by Crippen LogP contribution is -2.40. The molecule has 2 aromatic carbocycles. The summed E-state index contributed by atoms with van der Waals surface area (Å²) in [5.41, 5.74) is 10.4. The zero-order valence-corrected chi connectivity index (χ0v) is 16.1. The number of benzene rings is 2. The van der Waals surface area contributed by atoms with E-state index < -0.39 is 5.97 Å².